The van der Waals surface area contributed by atoms with E-state index >= 15 is 0 Å². The molecule has 0 aliphatic heterocycles. The van der Waals surface area contributed by atoms with Crippen molar-refractivity contribution in [1.82, 2.24) is 9.13 Å². The summed E-state index contributed by atoms with van der Waals surface area (Å²) in [5.41, 5.74) is -8.69. The monoisotopic (exact) mass is 680 g/mol. The number of aromatic nitrogens is 2. The highest BCUT2D eigenvalue weighted by Crippen LogP contribution is 2.43. The van der Waals surface area contributed by atoms with Gasteiger partial charge in [-0.05, 0) is 83.2 Å². The summed E-state index contributed by atoms with van der Waals surface area (Å²) in [5.74, 6) is 0. The van der Waals surface area contributed by atoms with E-state index in [-0.39, 0.29) is 0 Å². The molecule has 8 aromatic carbocycles. The van der Waals surface area contributed by atoms with Gasteiger partial charge in [0.25, 0.3) is 0 Å². The zero-order valence-electron chi connectivity index (χ0n) is 55.3. The number of para-hydroxylation sites is 4. The van der Waals surface area contributed by atoms with Crippen LogP contribution in [0.15, 0.2) is 186 Å². The summed E-state index contributed by atoms with van der Waals surface area (Å²) < 4.78 is 278. The van der Waals surface area contributed by atoms with Gasteiger partial charge in [0.2, 0.25) is 0 Å². The van der Waals surface area contributed by atoms with E-state index in [1.54, 1.807) is 0 Å². The number of hydrogen-bond donors (Lipinski definition) is 0. The Hall–Kier alpha value is -6.84. The molecule has 0 saturated heterocycles. The van der Waals surface area contributed by atoms with Gasteiger partial charge in [0.15, 0.2) is 0 Å². The number of benzene rings is 8. The third-order valence-corrected chi connectivity index (χ3v) is 8.35. The Morgan fingerprint density at radius 3 is 1.61 bits per heavy atom. The van der Waals surface area contributed by atoms with Crippen LogP contribution in [0.4, 0.5) is 0 Å². The lowest BCUT2D eigenvalue weighted by atomic mass is 10.00. The molecular formula is C48H30N2O. The van der Waals surface area contributed by atoms with Crippen molar-refractivity contribution in [2.45, 2.75) is 0 Å². The second-order valence-corrected chi connectivity index (χ2v) is 11.0. The highest BCUT2D eigenvalue weighted by molar-refractivity contribution is 6.17. The van der Waals surface area contributed by atoms with Crippen molar-refractivity contribution < 1.29 is 45.5 Å². The maximum atomic E-state index is 10.00. The number of furan rings is 1. The predicted molar refractivity (Wildman–Crippen MR) is 213 cm³/mol. The lowest BCUT2D eigenvalue weighted by Crippen LogP contribution is -1.95. The van der Waals surface area contributed by atoms with Gasteiger partial charge in [-0.3, -0.25) is 0 Å². The van der Waals surface area contributed by atoms with E-state index in [9.17, 15) is 13.7 Å². The third kappa shape index (κ3) is 4.12. The van der Waals surface area contributed by atoms with Crippen LogP contribution in [0.2, 0.25) is 0 Å². The molecule has 11 aromatic rings. The van der Waals surface area contributed by atoms with E-state index in [0.717, 1.165) is 9.13 Å². The Morgan fingerprint density at radius 1 is 0.392 bits per heavy atom. The van der Waals surface area contributed by atoms with Crippen molar-refractivity contribution in [3.05, 3.63) is 181 Å². The Morgan fingerprint density at radius 2 is 0.922 bits per heavy atom. The first kappa shape index (κ1) is 11.6. The van der Waals surface area contributed by atoms with E-state index in [1.807, 2.05) is 0 Å². The standard InChI is InChI=1S/C48H30N2O/c1-3-13-31(14-4-1)35-25-28-45(47-38-19-9-12-22-46(38)51-48(35)47)50-42-21-11-8-18-37(42)40-30-33(24-27-44(40)50)32-23-26-43-39(29-32)36-17-7-10-20-41(36)49(43)34-15-5-2-6-16-34/h1-30H/i1D,2D,3D,4D,5D,6D,7D,8D,9D,10D,11D,12D,13D,14D,15D,16D,17D,18D,19D,20D,21D,22D,23D,24D,25D,26D,27D,28D,29D,30D. The summed E-state index contributed by atoms with van der Waals surface area (Å²) in [7, 11) is 0. The molecule has 51 heavy (non-hydrogen) atoms. The summed E-state index contributed by atoms with van der Waals surface area (Å²) >= 11 is 0. The lowest BCUT2D eigenvalue weighted by Gasteiger charge is -2.12. The van der Waals surface area contributed by atoms with Crippen molar-refractivity contribution >= 4 is 65.6 Å². The largest absolute Gasteiger partial charge is 0.455 e. The smallest absolute Gasteiger partial charge is 0.145 e. The van der Waals surface area contributed by atoms with Crippen molar-refractivity contribution in [3.8, 4) is 33.6 Å². The normalized spacial score (nSPS) is 20.2. The second kappa shape index (κ2) is 10.8. The highest BCUT2D eigenvalue weighted by Gasteiger charge is 2.21. The summed E-state index contributed by atoms with van der Waals surface area (Å²) in [4.78, 5) is 0. The van der Waals surface area contributed by atoms with E-state index in [0.29, 0.717) is 0 Å². The maximum Gasteiger partial charge on any atom is 0.145 e. The lowest BCUT2D eigenvalue weighted by molar-refractivity contribution is 0.670. The molecule has 0 N–H and O–H groups in total. The van der Waals surface area contributed by atoms with E-state index < -0.39 is 280 Å². The molecule has 0 fully saturated rings. The fourth-order valence-electron chi connectivity index (χ4n) is 6.26. The molecule has 238 valence electrons. The number of fused-ring (bicyclic) bond motifs is 9. The molecule has 11 rings (SSSR count). The average Bonchev–Trinajstić information content (AvgIpc) is 4.34. The van der Waals surface area contributed by atoms with Crippen molar-refractivity contribution in [1.29, 1.82) is 0 Å². The number of nitrogens with zero attached hydrogens (tertiary/aromatic N) is 2. The van der Waals surface area contributed by atoms with Crippen LogP contribution in [0.1, 0.15) is 41.1 Å². The topological polar surface area (TPSA) is 23.0 Å². The maximum absolute atomic E-state index is 10.00. The predicted octanol–water partition coefficient (Wildman–Crippen LogP) is 13.1. The van der Waals surface area contributed by atoms with Crippen molar-refractivity contribution in [2.75, 3.05) is 0 Å². The van der Waals surface area contributed by atoms with Gasteiger partial charge in [-0.15, -0.1) is 0 Å². The Balaban J connectivity index is 1.38. The van der Waals surface area contributed by atoms with Gasteiger partial charge < -0.3 is 13.6 Å². The molecule has 0 aliphatic carbocycles. The van der Waals surface area contributed by atoms with Gasteiger partial charge in [-0.2, -0.15) is 0 Å². The first-order valence-corrected chi connectivity index (χ1v) is 15.0. The van der Waals surface area contributed by atoms with Crippen LogP contribution in [0, 0.1) is 0 Å². The fraction of sp³-hybridized carbons (Fsp3) is 0. The van der Waals surface area contributed by atoms with Gasteiger partial charge >= 0.3 is 0 Å². The van der Waals surface area contributed by atoms with Crippen LogP contribution >= 0.6 is 0 Å². The summed E-state index contributed by atoms with van der Waals surface area (Å²) in [6.07, 6.45) is 0. The van der Waals surface area contributed by atoms with Gasteiger partial charge in [0.05, 0.1) is 74.3 Å². The molecule has 3 aromatic heterocycles. The molecule has 0 bridgehead atoms. The van der Waals surface area contributed by atoms with E-state index in [1.165, 1.54) is 0 Å². The van der Waals surface area contributed by atoms with Crippen LogP contribution in [0.3, 0.4) is 0 Å². The van der Waals surface area contributed by atoms with E-state index in [2.05, 4.69) is 0 Å². The molecule has 0 amide bonds. The molecule has 0 radical (unpaired) electrons. The fourth-order valence-corrected chi connectivity index (χ4v) is 6.26. The molecule has 0 atom stereocenters. The van der Waals surface area contributed by atoms with Crippen LogP contribution in [0.5, 0.6) is 0 Å². The Labute approximate surface area is 336 Å². The van der Waals surface area contributed by atoms with Crippen molar-refractivity contribution in [3.63, 3.8) is 0 Å². The van der Waals surface area contributed by atoms with Gasteiger partial charge in [0.1, 0.15) is 11.2 Å². The summed E-state index contributed by atoms with van der Waals surface area (Å²) in [6, 6.07) is -28.0. The molecule has 0 spiro atoms. The van der Waals surface area contributed by atoms with E-state index in [4.69, 9.17) is 31.8 Å². The molecule has 0 unspecified atom stereocenters. The highest BCUT2D eigenvalue weighted by atomic mass is 16.3. The van der Waals surface area contributed by atoms with Gasteiger partial charge in [-0.25, -0.2) is 0 Å². The number of rotatable bonds is 4. The number of hydrogen-bond acceptors (Lipinski definition) is 1. The Bertz CT molecular complexity index is 4820. The quantitative estimate of drug-likeness (QED) is 0.181. The summed E-state index contributed by atoms with van der Waals surface area (Å²) in [5, 5.41) is -3.68. The molecular weight excluding hydrogens is 621 g/mol. The van der Waals surface area contributed by atoms with Crippen LogP contribution < -0.4 is 0 Å². The molecule has 3 heterocycles. The summed E-state index contributed by atoms with van der Waals surface area (Å²) in [6.45, 7) is 0. The third-order valence-electron chi connectivity index (χ3n) is 8.35. The van der Waals surface area contributed by atoms with Crippen LogP contribution in [-0.2, 0) is 0 Å². The second-order valence-electron chi connectivity index (χ2n) is 11.0. The first-order valence-electron chi connectivity index (χ1n) is 30.0. The molecule has 3 nitrogen and oxygen atoms in total. The molecule has 3 heteroatoms. The first-order chi connectivity index (χ1) is 37.8. The van der Waals surface area contributed by atoms with Gasteiger partial charge in [-0.1, -0.05) is 115 Å². The zero-order valence-corrected chi connectivity index (χ0v) is 25.3. The average molecular weight is 681 g/mol. The molecule has 0 saturated carbocycles. The molecule has 0 aliphatic rings. The van der Waals surface area contributed by atoms with Crippen molar-refractivity contribution in [2.24, 2.45) is 0 Å². The van der Waals surface area contributed by atoms with Gasteiger partial charge in [0, 0.05) is 38.2 Å². The van der Waals surface area contributed by atoms with Crippen LogP contribution in [0.25, 0.3) is 99.2 Å². The van der Waals surface area contributed by atoms with Crippen LogP contribution in [-0.4, -0.2) is 9.13 Å². The zero-order chi connectivity index (χ0) is 59.6. The minimum atomic E-state index is -1.09. The minimum Gasteiger partial charge on any atom is -0.455 e. The minimum absolute atomic E-state index is 0.570. The Kier molecular flexibility index (Phi) is 2.47. The SMILES string of the molecule is [2H]c1c([2H])c([2H])c(-c2c([2H])c([2H])c(-n3c4c([2H])c([2H])c([2H])c([2H])c4c4c([2H])c(-c5c([2H])c([2H])c6c(c5[2H])c5c([2H])c([2H])c([2H])c([2H])c5n6-c5c([2H])c([2H])c([2H])c([2H])c5[2H])c([2H])c([2H])c43)c3c2oc2c([2H])c([2H])c([2H])c([2H])c23)c([2H])c1[2H].